The molecule has 0 radical (unpaired) electrons. The fourth-order valence-electron chi connectivity index (χ4n) is 4.19. The lowest BCUT2D eigenvalue weighted by Gasteiger charge is -2.27. The molecular weight excluding hydrogens is 532 g/mol. The van der Waals surface area contributed by atoms with Crippen molar-refractivity contribution in [3.63, 3.8) is 0 Å². The van der Waals surface area contributed by atoms with E-state index in [1.165, 1.54) is 5.01 Å². The van der Waals surface area contributed by atoms with E-state index in [1.807, 2.05) is 63.2 Å². The van der Waals surface area contributed by atoms with Crippen LogP contribution in [-0.2, 0) is 15.1 Å². The molecule has 3 aromatic rings. The van der Waals surface area contributed by atoms with E-state index in [4.69, 9.17) is 4.74 Å². The minimum Gasteiger partial charge on any atom is -0.448 e. The Morgan fingerprint density at radius 2 is 1.74 bits per heavy atom. The molecule has 3 amide bonds. The van der Waals surface area contributed by atoms with E-state index < -0.39 is 17.7 Å². The van der Waals surface area contributed by atoms with Gasteiger partial charge in [-0.2, -0.15) is 20.3 Å². The van der Waals surface area contributed by atoms with Gasteiger partial charge in [0.05, 0.1) is 29.2 Å². The summed E-state index contributed by atoms with van der Waals surface area (Å²) in [4.78, 5) is 37.7. The number of alkyl carbamates (subject to hydrolysis) is 1. The van der Waals surface area contributed by atoms with Gasteiger partial charge in [-0.05, 0) is 81.3 Å². The Morgan fingerprint density at radius 1 is 1.02 bits per heavy atom. The van der Waals surface area contributed by atoms with Gasteiger partial charge in [-0.15, -0.1) is 0 Å². The molecule has 42 heavy (non-hydrogen) atoms. The van der Waals surface area contributed by atoms with Gasteiger partial charge in [-0.3, -0.25) is 9.59 Å². The maximum absolute atomic E-state index is 12.8. The first-order valence-corrected chi connectivity index (χ1v) is 13.5. The second-order valence-corrected chi connectivity index (χ2v) is 10.4. The van der Waals surface area contributed by atoms with Crippen LogP contribution in [-0.4, -0.2) is 42.8 Å². The Labute approximate surface area is 245 Å². The summed E-state index contributed by atoms with van der Waals surface area (Å²) in [5.41, 5.74) is 4.29. The van der Waals surface area contributed by atoms with Crippen LogP contribution in [0.2, 0.25) is 0 Å². The largest absolute Gasteiger partial charge is 0.448 e. The molecule has 1 aliphatic heterocycles. The van der Waals surface area contributed by atoms with Crippen LogP contribution in [0.25, 0.3) is 5.57 Å². The van der Waals surface area contributed by atoms with Crippen molar-refractivity contribution in [1.29, 1.82) is 0 Å². The molecule has 1 aliphatic rings. The first-order valence-electron chi connectivity index (χ1n) is 13.5. The Balaban J connectivity index is 1.23. The number of ether oxygens (including phenoxy) is 1. The van der Waals surface area contributed by atoms with Crippen LogP contribution in [0.5, 0.6) is 0 Å². The van der Waals surface area contributed by atoms with E-state index in [9.17, 15) is 14.4 Å². The van der Waals surface area contributed by atoms with E-state index in [1.54, 1.807) is 43.3 Å². The summed E-state index contributed by atoms with van der Waals surface area (Å²) >= 11 is 0. The predicted molar refractivity (Wildman–Crippen MR) is 163 cm³/mol. The van der Waals surface area contributed by atoms with Crippen molar-refractivity contribution in [2.45, 2.75) is 39.3 Å². The van der Waals surface area contributed by atoms with Gasteiger partial charge >= 0.3 is 6.09 Å². The van der Waals surface area contributed by atoms with E-state index in [0.29, 0.717) is 22.6 Å². The quantitative estimate of drug-likeness (QED) is 0.231. The number of allylic oxidation sites excluding steroid dienone is 1. The third-order valence-corrected chi connectivity index (χ3v) is 6.63. The summed E-state index contributed by atoms with van der Waals surface area (Å²) in [5, 5.41) is 19.6. The van der Waals surface area contributed by atoms with Crippen molar-refractivity contribution in [2.24, 2.45) is 15.3 Å². The zero-order valence-corrected chi connectivity index (χ0v) is 24.1. The van der Waals surface area contributed by atoms with E-state index in [-0.39, 0.29) is 25.0 Å². The molecule has 2 N–H and O–H groups in total. The van der Waals surface area contributed by atoms with Gasteiger partial charge in [-0.1, -0.05) is 48.6 Å². The molecule has 0 bridgehead atoms. The highest BCUT2D eigenvalue weighted by molar-refractivity contribution is 6.18. The molecule has 3 aromatic carbocycles. The third kappa shape index (κ3) is 7.34. The minimum atomic E-state index is -0.808. The van der Waals surface area contributed by atoms with E-state index in [0.717, 1.165) is 16.7 Å². The Kier molecular flexibility index (Phi) is 9.26. The van der Waals surface area contributed by atoms with Gasteiger partial charge in [-0.25, -0.2) is 4.79 Å². The minimum absolute atomic E-state index is 0.00206. The number of nitrogens with zero attached hydrogens (tertiary/aromatic N) is 4. The summed E-state index contributed by atoms with van der Waals surface area (Å²) in [6.07, 6.45) is -0.586. The zero-order valence-electron chi connectivity index (χ0n) is 24.1. The van der Waals surface area contributed by atoms with Crippen molar-refractivity contribution in [3.05, 3.63) is 102 Å². The van der Waals surface area contributed by atoms with Crippen molar-refractivity contribution < 1.29 is 19.1 Å². The SMILES string of the molecule is C=C(C)c1cccc(C(C)(C)NC(=O)OCCNC(=O)c2ccc(N=NC3C(=O)N(c4ccccc4)N=C3C)cc2)c1. The number of nitrogens with one attached hydrogen (secondary N) is 2. The lowest BCUT2D eigenvalue weighted by molar-refractivity contribution is -0.117. The Bertz CT molecular complexity index is 1530. The molecule has 0 aromatic heterocycles. The number of hydrazone groups is 1. The number of amides is 3. The number of carbonyl (C=O) groups is 3. The average Bonchev–Trinajstić information content (AvgIpc) is 3.27. The van der Waals surface area contributed by atoms with Crippen molar-refractivity contribution in [2.75, 3.05) is 18.2 Å². The molecule has 1 heterocycles. The summed E-state index contributed by atoms with van der Waals surface area (Å²) in [6, 6.07) is 22.6. The average molecular weight is 567 g/mol. The smallest absolute Gasteiger partial charge is 0.407 e. The Hall–Kier alpha value is -5.12. The van der Waals surface area contributed by atoms with Crippen LogP contribution in [0.3, 0.4) is 0 Å². The molecule has 0 saturated carbocycles. The van der Waals surface area contributed by atoms with Crippen LogP contribution >= 0.6 is 0 Å². The highest BCUT2D eigenvalue weighted by Crippen LogP contribution is 2.25. The topological polar surface area (TPSA) is 125 Å². The van der Waals surface area contributed by atoms with Crippen LogP contribution in [0.4, 0.5) is 16.2 Å². The van der Waals surface area contributed by atoms with Gasteiger partial charge in [0.25, 0.3) is 11.8 Å². The molecule has 1 unspecified atom stereocenters. The number of rotatable bonds is 10. The summed E-state index contributed by atoms with van der Waals surface area (Å²) in [5.74, 6) is -0.609. The monoisotopic (exact) mass is 566 g/mol. The third-order valence-electron chi connectivity index (χ3n) is 6.63. The fraction of sp³-hybridized carbons (Fsp3) is 0.250. The molecular formula is C32H34N6O4. The maximum Gasteiger partial charge on any atom is 0.407 e. The van der Waals surface area contributed by atoms with E-state index >= 15 is 0 Å². The molecule has 10 heteroatoms. The second-order valence-electron chi connectivity index (χ2n) is 10.4. The molecule has 4 rings (SSSR count). The highest BCUT2D eigenvalue weighted by atomic mass is 16.5. The number of hydrogen-bond acceptors (Lipinski definition) is 7. The Morgan fingerprint density at radius 3 is 2.43 bits per heavy atom. The van der Waals surface area contributed by atoms with Gasteiger partial charge in [0.1, 0.15) is 6.61 Å². The van der Waals surface area contributed by atoms with Crippen molar-refractivity contribution in [3.8, 4) is 0 Å². The molecule has 10 nitrogen and oxygen atoms in total. The van der Waals surface area contributed by atoms with Crippen LogP contribution < -0.4 is 15.6 Å². The molecule has 0 fully saturated rings. The normalized spacial score (nSPS) is 15.0. The molecule has 216 valence electrons. The molecule has 1 atom stereocenters. The predicted octanol–water partition coefficient (Wildman–Crippen LogP) is 5.99. The number of hydrogen-bond donors (Lipinski definition) is 2. The number of benzene rings is 3. The zero-order chi connectivity index (χ0) is 30.3. The van der Waals surface area contributed by atoms with Crippen LogP contribution in [0, 0.1) is 0 Å². The lowest BCUT2D eigenvalue weighted by Crippen LogP contribution is -2.42. The first kappa shape index (κ1) is 29.9. The van der Waals surface area contributed by atoms with Crippen LogP contribution in [0.1, 0.15) is 49.2 Å². The summed E-state index contributed by atoms with van der Waals surface area (Å²) < 4.78 is 5.27. The summed E-state index contributed by atoms with van der Waals surface area (Å²) in [7, 11) is 0. The number of para-hydroxylation sites is 1. The molecule has 0 aliphatic carbocycles. The number of carbonyl (C=O) groups excluding carboxylic acids is 3. The fourth-order valence-corrected chi connectivity index (χ4v) is 4.19. The van der Waals surface area contributed by atoms with Gasteiger partial charge in [0, 0.05) is 5.56 Å². The first-order chi connectivity index (χ1) is 20.0. The van der Waals surface area contributed by atoms with Crippen molar-refractivity contribution in [1.82, 2.24) is 10.6 Å². The standard InChI is InChI=1S/C32H34N6O4/c1-21(2)24-10-9-11-25(20-24)32(4,5)34-31(41)42-19-18-33-29(39)23-14-16-26(17-15-23)35-36-28-22(3)37-38(30(28)40)27-12-7-6-8-13-27/h6-17,20,28H,1,18-19H2,2-5H3,(H,33,39)(H,34,41). The number of anilines is 1. The van der Waals surface area contributed by atoms with Crippen LogP contribution in [0.15, 0.2) is 101 Å². The maximum atomic E-state index is 12.8. The van der Waals surface area contributed by atoms with Gasteiger partial charge in [0.2, 0.25) is 0 Å². The van der Waals surface area contributed by atoms with Gasteiger partial charge in [0.15, 0.2) is 6.04 Å². The lowest BCUT2D eigenvalue weighted by atomic mass is 9.92. The molecule has 0 spiro atoms. The molecule has 0 saturated heterocycles. The highest BCUT2D eigenvalue weighted by Gasteiger charge is 2.34. The summed E-state index contributed by atoms with van der Waals surface area (Å²) in [6.45, 7) is 11.5. The van der Waals surface area contributed by atoms with E-state index in [2.05, 4.69) is 32.5 Å². The van der Waals surface area contributed by atoms with Crippen molar-refractivity contribution >= 4 is 40.6 Å². The second kappa shape index (κ2) is 13.0. The van der Waals surface area contributed by atoms with Gasteiger partial charge < -0.3 is 15.4 Å². The number of azo groups is 1.